The van der Waals surface area contributed by atoms with Crippen LogP contribution in [0.3, 0.4) is 0 Å². The Morgan fingerprint density at radius 1 is 1.08 bits per heavy atom. The smallest absolute Gasteiger partial charge is 0.230 e. The minimum atomic E-state index is 0.000870. The SMILES string of the molecule is Cc1ccc(-n2c(SCC(=O)NC34CC5CC(CC(C5)C3)C4)nnc2-c2cc(Br)ccc2O)c(C)c1. The van der Waals surface area contributed by atoms with Gasteiger partial charge in [-0.1, -0.05) is 45.4 Å². The van der Waals surface area contributed by atoms with Gasteiger partial charge < -0.3 is 10.4 Å². The van der Waals surface area contributed by atoms with Gasteiger partial charge in [-0.3, -0.25) is 9.36 Å². The maximum Gasteiger partial charge on any atom is 0.230 e. The van der Waals surface area contributed by atoms with Crippen LogP contribution in [-0.2, 0) is 4.79 Å². The van der Waals surface area contributed by atoms with Gasteiger partial charge >= 0.3 is 0 Å². The van der Waals surface area contributed by atoms with E-state index in [1.807, 2.05) is 16.7 Å². The molecule has 2 N–H and O–H groups in total. The summed E-state index contributed by atoms with van der Waals surface area (Å²) in [7, 11) is 0. The van der Waals surface area contributed by atoms with Gasteiger partial charge in [0.05, 0.1) is 17.0 Å². The lowest BCUT2D eigenvalue weighted by molar-refractivity contribution is -0.124. The molecule has 4 bridgehead atoms. The molecule has 4 aliphatic carbocycles. The molecule has 4 saturated carbocycles. The van der Waals surface area contributed by atoms with Crippen molar-refractivity contribution in [2.45, 2.75) is 63.1 Å². The quantitative estimate of drug-likeness (QED) is 0.347. The third-order valence-electron chi connectivity index (χ3n) is 8.20. The summed E-state index contributed by atoms with van der Waals surface area (Å²) in [5, 5.41) is 23.7. The summed E-state index contributed by atoms with van der Waals surface area (Å²) in [5.41, 5.74) is 3.76. The Hall–Kier alpha value is -2.32. The van der Waals surface area contributed by atoms with Crippen LogP contribution in [-0.4, -0.2) is 37.1 Å². The third-order valence-corrected chi connectivity index (χ3v) is 9.62. The first-order valence-electron chi connectivity index (χ1n) is 12.7. The molecule has 1 aromatic heterocycles. The van der Waals surface area contributed by atoms with Crippen molar-refractivity contribution in [2.75, 3.05) is 5.75 Å². The van der Waals surface area contributed by atoms with Crippen molar-refractivity contribution in [1.82, 2.24) is 20.1 Å². The molecule has 1 heterocycles. The summed E-state index contributed by atoms with van der Waals surface area (Å²) in [4.78, 5) is 13.2. The van der Waals surface area contributed by atoms with Crippen LogP contribution < -0.4 is 5.32 Å². The number of nitrogens with one attached hydrogen (secondary N) is 1. The molecule has 4 fully saturated rings. The Morgan fingerprint density at radius 3 is 2.44 bits per heavy atom. The van der Waals surface area contributed by atoms with E-state index < -0.39 is 0 Å². The van der Waals surface area contributed by atoms with Gasteiger partial charge in [0.15, 0.2) is 11.0 Å². The van der Waals surface area contributed by atoms with Crippen LogP contribution >= 0.6 is 27.7 Å². The molecule has 8 heteroatoms. The number of thioether (sulfide) groups is 1. The number of amides is 1. The second-order valence-corrected chi connectivity index (χ2v) is 13.0. The van der Waals surface area contributed by atoms with E-state index in [9.17, 15) is 9.90 Å². The van der Waals surface area contributed by atoms with E-state index in [2.05, 4.69) is 57.4 Å². The van der Waals surface area contributed by atoms with Crippen LogP contribution in [0.25, 0.3) is 17.1 Å². The largest absolute Gasteiger partial charge is 0.507 e. The van der Waals surface area contributed by atoms with Gasteiger partial charge in [0.25, 0.3) is 0 Å². The van der Waals surface area contributed by atoms with Gasteiger partial charge in [-0.25, -0.2) is 0 Å². The number of hydrogen-bond donors (Lipinski definition) is 2. The van der Waals surface area contributed by atoms with E-state index in [1.54, 1.807) is 12.1 Å². The van der Waals surface area contributed by atoms with Crippen molar-refractivity contribution in [3.63, 3.8) is 0 Å². The second kappa shape index (κ2) is 9.21. The number of phenols is 1. The highest BCUT2D eigenvalue weighted by atomic mass is 79.9. The first-order valence-corrected chi connectivity index (χ1v) is 14.5. The van der Waals surface area contributed by atoms with Crippen LogP contribution in [0, 0.1) is 31.6 Å². The molecule has 0 atom stereocenters. The number of phenolic OH excluding ortho intramolecular Hbond substituents is 1. The number of nitrogens with zero attached hydrogens (tertiary/aromatic N) is 3. The van der Waals surface area contributed by atoms with Crippen LogP contribution in [0.1, 0.15) is 49.7 Å². The fourth-order valence-corrected chi connectivity index (χ4v) is 8.33. The van der Waals surface area contributed by atoms with E-state index >= 15 is 0 Å². The van der Waals surface area contributed by atoms with E-state index in [1.165, 1.54) is 36.6 Å². The number of carbonyl (C=O) groups is 1. The van der Waals surface area contributed by atoms with Crippen molar-refractivity contribution in [1.29, 1.82) is 0 Å². The average molecular weight is 568 g/mol. The molecule has 7 rings (SSSR count). The number of benzene rings is 2. The van der Waals surface area contributed by atoms with Crippen molar-refractivity contribution < 1.29 is 9.90 Å². The molecule has 6 nitrogen and oxygen atoms in total. The Bertz CT molecular complexity index is 1300. The highest BCUT2D eigenvalue weighted by molar-refractivity contribution is 9.10. The molecule has 0 spiro atoms. The Morgan fingerprint density at radius 2 is 1.78 bits per heavy atom. The highest BCUT2D eigenvalue weighted by Gasteiger charge is 2.51. The fraction of sp³-hybridized carbons (Fsp3) is 0.464. The van der Waals surface area contributed by atoms with Gasteiger partial charge in [0.1, 0.15) is 5.75 Å². The van der Waals surface area contributed by atoms with Crippen molar-refractivity contribution in [3.05, 3.63) is 52.0 Å². The second-order valence-electron chi connectivity index (χ2n) is 11.1. The van der Waals surface area contributed by atoms with Gasteiger partial charge in [-0.2, -0.15) is 0 Å². The molecule has 0 unspecified atom stereocenters. The molecule has 1 amide bonds. The number of aromatic hydroxyl groups is 1. The Balaban J connectivity index is 1.28. The molecule has 0 aliphatic heterocycles. The number of aromatic nitrogens is 3. The molecule has 188 valence electrons. The first-order chi connectivity index (χ1) is 17.3. The lowest BCUT2D eigenvalue weighted by Gasteiger charge is -2.56. The lowest BCUT2D eigenvalue weighted by Crippen LogP contribution is -2.60. The summed E-state index contributed by atoms with van der Waals surface area (Å²) in [6.45, 7) is 4.12. The minimum absolute atomic E-state index is 0.000870. The molecular weight excluding hydrogens is 536 g/mol. The van der Waals surface area contributed by atoms with Crippen molar-refractivity contribution in [2.24, 2.45) is 17.8 Å². The Kier molecular flexibility index (Phi) is 6.15. The maximum absolute atomic E-state index is 13.2. The standard InChI is InChI=1S/C28H31BrN4O2S/c1-16-3-5-23(17(2)7-16)33-26(22-11-21(29)4-6-24(22)34)31-32-27(33)36-15-25(35)30-28-12-18-8-19(13-28)10-20(9-18)14-28/h3-7,11,18-20,34H,8-10,12-15H2,1-2H3,(H,30,35). The molecule has 4 aliphatic rings. The van der Waals surface area contributed by atoms with Crippen LogP contribution in [0.2, 0.25) is 0 Å². The van der Waals surface area contributed by atoms with E-state index in [0.29, 0.717) is 16.5 Å². The summed E-state index contributed by atoms with van der Waals surface area (Å²) >= 11 is 4.90. The van der Waals surface area contributed by atoms with Crippen LogP contribution in [0.15, 0.2) is 46.0 Å². The van der Waals surface area contributed by atoms with Gasteiger partial charge in [0, 0.05) is 10.0 Å². The van der Waals surface area contributed by atoms with Crippen molar-refractivity contribution in [3.8, 4) is 22.8 Å². The summed E-state index contributed by atoms with van der Waals surface area (Å²) in [5.74, 6) is 3.41. The van der Waals surface area contributed by atoms with Crippen LogP contribution in [0.5, 0.6) is 5.75 Å². The topological polar surface area (TPSA) is 80.0 Å². The monoisotopic (exact) mass is 566 g/mol. The molecule has 3 aromatic rings. The predicted molar refractivity (Wildman–Crippen MR) is 145 cm³/mol. The molecule has 2 aromatic carbocycles. The summed E-state index contributed by atoms with van der Waals surface area (Å²) in [6.07, 6.45) is 7.48. The number of rotatable bonds is 6. The zero-order valence-electron chi connectivity index (χ0n) is 20.6. The number of aryl methyl sites for hydroxylation is 2. The van der Waals surface area contributed by atoms with Crippen molar-refractivity contribution >= 4 is 33.6 Å². The van der Waals surface area contributed by atoms with Gasteiger partial charge in [-0.15, -0.1) is 10.2 Å². The van der Waals surface area contributed by atoms with E-state index in [-0.39, 0.29) is 22.9 Å². The zero-order chi connectivity index (χ0) is 25.0. The molecule has 0 saturated heterocycles. The van der Waals surface area contributed by atoms with Crippen LogP contribution in [0.4, 0.5) is 0 Å². The van der Waals surface area contributed by atoms with Gasteiger partial charge in [0.2, 0.25) is 5.91 Å². The normalized spacial score (nSPS) is 26.4. The highest BCUT2D eigenvalue weighted by Crippen LogP contribution is 2.55. The molecule has 36 heavy (non-hydrogen) atoms. The average Bonchev–Trinajstić information content (AvgIpc) is 3.21. The zero-order valence-corrected chi connectivity index (χ0v) is 23.0. The number of carbonyl (C=O) groups excluding carboxylic acids is 1. The maximum atomic E-state index is 13.2. The van der Waals surface area contributed by atoms with E-state index in [4.69, 9.17) is 0 Å². The fourth-order valence-electron chi connectivity index (χ4n) is 7.22. The lowest BCUT2D eigenvalue weighted by atomic mass is 9.53. The van der Waals surface area contributed by atoms with Gasteiger partial charge in [-0.05, 0) is 100.0 Å². The predicted octanol–water partition coefficient (Wildman–Crippen LogP) is 6.20. The summed E-state index contributed by atoms with van der Waals surface area (Å²) in [6, 6.07) is 11.5. The summed E-state index contributed by atoms with van der Waals surface area (Å²) < 4.78 is 2.80. The number of hydrogen-bond acceptors (Lipinski definition) is 5. The minimum Gasteiger partial charge on any atom is -0.507 e. The van der Waals surface area contributed by atoms with E-state index in [0.717, 1.165) is 52.7 Å². The Labute approximate surface area is 224 Å². The third kappa shape index (κ3) is 4.47. The first kappa shape index (κ1) is 24.0. The molecular formula is C28H31BrN4O2S. The molecule has 0 radical (unpaired) electrons. The number of halogens is 1.